The molecule has 0 unspecified atom stereocenters. The second-order valence-corrected chi connectivity index (χ2v) is 4.03. The van der Waals surface area contributed by atoms with Crippen molar-refractivity contribution in [2.75, 3.05) is 6.54 Å². The molecule has 1 heterocycles. The molecule has 0 spiro atoms. The standard InChI is InChI=1S/C11H18N4/c1-15-11(9-13-14-15)8-12-7-6-10-4-2-3-5-10/h4,9,12H,2-3,5-8H2,1H3. The minimum Gasteiger partial charge on any atom is -0.311 e. The summed E-state index contributed by atoms with van der Waals surface area (Å²) in [4.78, 5) is 0. The summed E-state index contributed by atoms with van der Waals surface area (Å²) < 4.78 is 1.81. The molecule has 15 heavy (non-hydrogen) atoms. The smallest absolute Gasteiger partial charge is 0.0738 e. The Morgan fingerprint density at radius 3 is 3.13 bits per heavy atom. The topological polar surface area (TPSA) is 42.7 Å². The van der Waals surface area contributed by atoms with Crippen molar-refractivity contribution in [2.24, 2.45) is 7.05 Å². The molecular formula is C11H18N4. The maximum absolute atomic E-state index is 3.89. The molecule has 0 saturated carbocycles. The summed E-state index contributed by atoms with van der Waals surface area (Å²) in [6.07, 6.45) is 9.30. The Bertz CT molecular complexity index is 340. The van der Waals surface area contributed by atoms with Crippen molar-refractivity contribution in [1.29, 1.82) is 0 Å². The van der Waals surface area contributed by atoms with Gasteiger partial charge in [-0.15, -0.1) is 5.10 Å². The molecule has 0 amide bonds. The van der Waals surface area contributed by atoms with E-state index in [0.717, 1.165) is 18.8 Å². The highest BCUT2D eigenvalue weighted by atomic mass is 15.4. The summed E-state index contributed by atoms with van der Waals surface area (Å²) in [5, 5.41) is 11.1. The molecule has 1 aliphatic carbocycles. The van der Waals surface area contributed by atoms with Gasteiger partial charge in [0.15, 0.2) is 0 Å². The lowest BCUT2D eigenvalue weighted by Gasteiger charge is -2.04. The summed E-state index contributed by atoms with van der Waals surface area (Å²) >= 11 is 0. The van der Waals surface area contributed by atoms with Crippen LogP contribution < -0.4 is 5.32 Å². The SMILES string of the molecule is Cn1nncc1CNCCC1=CCCC1. The first-order valence-electron chi connectivity index (χ1n) is 5.58. The third kappa shape index (κ3) is 2.89. The van der Waals surface area contributed by atoms with Gasteiger partial charge in [0.25, 0.3) is 0 Å². The van der Waals surface area contributed by atoms with Gasteiger partial charge in [0.1, 0.15) is 0 Å². The third-order valence-electron chi connectivity index (χ3n) is 2.87. The zero-order valence-electron chi connectivity index (χ0n) is 9.24. The van der Waals surface area contributed by atoms with Crippen LogP contribution >= 0.6 is 0 Å². The number of aromatic nitrogens is 3. The average molecular weight is 206 g/mol. The highest BCUT2D eigenvalue weighted by Crippen LogP contribution is 2.19. The summed E-state index contributed by atoms with van der Waals surface area (Å²) in [6, 6.07) is 0. The Balaban J connectivity index is 1.65. The predicted molar refractivity (Wildman–Crippen MR) is 59.3 cm³/mol. The zero-order chi connectivity index (χ0) is 10.5. The van der Waals surface area contributed by atoms with E-state index in [1.165, 1.54) is 25.7 Å². The van der Waals surface area contributed by atoms with Crippen LogP contribution in [0.15, 0.2) is 17.8 Å². The lowest BCUT2D eigenvalue weighted by molar-refractivity contribution is 0.613. The van der Waals surface area contributed by atoms with Crippen LogP contribution in [-0.4, -0.2) is 21.5 Å². The number of aryl methyl sites for hydroxylation is 1. The molecular weight excluding hydrogens is 188 g/mol. The molecule has 4 heteroatoms. The van der Waals surface area contributed by atoms with E-state index in [4.69, 9.17) is 0 Å². The van der Waals surface area contributed by atoms with Crippen LogP contribution in [0.1, 0.15) is 31.4 Å². The van der Waals surface area contributed by atoms with Crippen LogP contribution in [0.2, 0.25) is 0 Å². The average Bonchev–Trinajstić information content (AvgIpc) is 2.85. The van der Waals surface area contributed by atoms with Crippen molar-refractivity contribution < 1.29 is 0 Å². The number of hydrogen-bond acceptors (Lipinski definition) is 3. The van der Waals surface area contributed by atoms with Gasteiger partial charge in [0, 0.05) is 13.6 Å². The van der Waals surface area contributed by atoms with Crippen LogP contribution in [0, 0.1) is 0 Å². The minimum atomic E-state index is 0.858. The van der Waals surface area contributed by atoms with Crippen molar-refractivity contribution in [3.8, 4) is 0 Å². The van der Waals surface area contributed by atoms with Crippen molar-refractivity contribution >= 4 is 0 Å². The summed E-state index contributed by atoms with van der Waals surface area (Å²) in [5.74, 6) is 0. The molecule has 0 fully saturated rings. The van der Waals surface area contributed by atoms with E-state index in [9.17, 15) is 0 Å². The maximum atomic E-state index is 3.89. The number of hydrogen-bond donors (Lipinski definition) is 1. The van der Waals surface area contributed by atoms with E-state index in [0.29, 0.717) is 0 Å². The largest absolute Gasteiger partial charge is 0.311 e. The maximum Gasteiger partial charge on any atom is 0.0738 e. The van der Waals surface area contributed by atoms with E-state index in [1.807, 2.05) is 17.9 Å². The molecule has 1 aliphatic rings. The summed E-state index contributed by atoms with van der Waals surface area (Å²) in [7, 11) is 1.92. The van der Waals surface area contributed by atoms with Gasteiger partial charge in [-0.25, -0.2) is 0 Å². The normalized spacial score (nSPS) is 15.7. The Labute approximate surface area is 90.4 Å². The van der Waals surface area contributed by atoms with Crippen molar-refractivity contribution in [3.63, 3.8) is 0 Å². The van der Waals surface area contributed by atoms with Crippen LogP contribution in [0.5, 0.6) is 0 Å². The van der Waals surface area contributed by atoms with Crippen LogP contribution in [0.4, 0.5) is 0 Å². The Morgan fingerprint density at radius 2 is 2.47 bits per heavy atom. The van der Waals surface area contributed by atoms with Gasteiger partial charge >= 0.3 is 0 Å². The quantitative estimate of drug-likeness (QED) is 0.585. The predicted octanol–water partition coefficient (Wildman–Crippen LogP) is 1.41. The van der Waals surface area contributed by atoms with E-state index in [1.54, 1.807) is 5.57 Å². The Kier molecular flexibility index (Phi) is 3.50. The van der Waals surface area contributed by atoms with Crippen molar-refractivity contribution in [1.82, 2.24) is 20.3 Å². The Morgan fingerprint density at radius 1 is 1.53 bits per heavy atom. The molecule has 0 radical (unpaired) electrons. The second-order valence-electron chi connectivity index (χ2n) is 4.03. The molecule has 1 aromatic rings. The summed E-state index contributed by atoms with van der Waals surface area (Å²) in [6.45, 7) is 1.91. The third-order valence-corrected chi connectivity index (χ3v) is 2.87. The van der Waals surface area contributed by atoms with Gasteiger partial charge in [0.05, 0.1) is 11.9 Å². The van der Waals surface area contributed by atoms with Gasteiger partial charge in [0.2, 0.25) is 0 Å². The number of rotatable bonds is 5. The molecule has 1 N–H and O–H groups in total. The number of nitrogens with one attached hydrogen (secondary N) is 1. The van der Waals surface area contributed by atoms with Gasteiger partial charge in [-0.05, 0) is 32.2 Å². The van der Waals surface area contributed by atoms with Crippen LogP contribution in [-0.2, 0) is 13.6 Å². The first-order valence-corrected chi connectivity index (χ1v) is 5.58. The number of allylic oxidation sites excluding steroid dienone is 1. The summed E-state index contributed by atoms with van der Waals surface area (Å²) in [5.41, 5.74) is 2.75. The number of nitrogens with zero attached hydrogens (tertiary/aromatic N) is 3. The van der Waals surface area contributed by atoms with E-state index in [2.05, 4.69) is 21.7 Å². The van der Waals surface area contributed by atoms with Crippen molar-refractivity contribution in [2.45, 2.75) is 32.2 Å². The van der Waals surface area contributed by atoms with Gasteiger partial charge in [-0.1, -0.05) is 16.9 Å². The first-order chi connectivity index (χ1) is 7.36. The van der Waals surface area contributed by atoms with Gasteiger partial charge in [-0.3, -0.25) is 4.68 Å². The molecule has 0 aliphatic heterocycles. The zero-order valence-corrected chi connectivity index (χ0v) is 9.24. The Hall–Kier alpha value is -1.16. The fraction of sp³-hybridized carbons (Fsp3) is 0.636. The van der Waals surface area contributed by atoms with Gasteiger partial charge < -0.3 is 5.32 Å². The second kappa shape index (κ2) is 5.07. The van der Waals surface area contributed by atoms with E-state index in [-0.39, 0.29) is 0 Å². The molecule has 1 aromatic heterocycles. The molecule has 82 valence electrons. The van der Waals surface area contributed by atoms with Crippen molar-refractivity contribution in [3.05, 3.63) is 23.5 Å². The highest BCUT2D eigenvalue weighted by molar-refractivity contribution is 5.07. The van der Waals surface area contributed by atoms with E-state index >= 15 is 0 Å². The molecule has 4 nitrogen and oxygen atoms in total. The lowest BCUT2D eigenvalue weighted by atomic mass is 10.2. The van der Waals surface area contributed by atoms with Crippen LogP contribution in [0.3, 0.4) is 0 Å². The van der Waals surface area contributed by atoms with Crippen LogP contribution in [0.25, 0.3) is 0 Å². The molecule has 0 atom stereocenters. The molecule has 0 aromatic carbocycles. The highest BCUT2D eigenvalue weighted by Gasteiger charge is 2.04. The monoisotopic (exact) mass is 206 g/mol. The molecule has 2 rings (SSSR count). The fourth-order valence-electron chi connectivity index (χ4n) is 1.90. The first kappa shape index (κ1) is 10.4. The fourth-order valence-corrected chi connectivity index (χ4v) is 1.90. The van der Waals surface area contributed by atoms with Gasteiger partial charge in [-0.2, -0.15) is 0 Å². The minimum absolute atomic E-state index is 0.858. The molecule has 0 bridgehead atoms. The van der Waals surface area contributed by atoms with E-state index < -0.39 is 0 Å². The lowest BCUT2D eigenvalue weighted by Crippen LogP contribution is -2.17. The molecule has 0 saturated heterocycles.